The van der Waals surface area contributed by atoms with Crippen LogP contribution in [0.15, 0.2) is 95.8 Å². The van der Waals surface area contributed by atoms with Crippen molar-refractivity contribution in [2.24, 2.45) is 0 Å². The topological polar surface area (TPSA) is 163 Å². The van der Waals surface area contributed by atoms with Crippen LogP contribution in [-0.4, -0.2) is 52.6 Å². The number of amides is 1. The monoisotopic (exact) mass is 815 g/mol. The highest BCUT2D eigenvalue weighted by Gasteiger charge is 2.45. The second kappa shape index (κ2) is 17.5. The molecule has 59 heavy (non-hydrogen) atoms. The maximum absolute atomic E-state index is 13.9. The number of cyclic esters (lactones) is 1. The third-order valence-electron chi connectivity index (χ3n) is 11.5. The van der Waals surface area contributed by atoms with Gasteiger partial charge in [-0.05, 0) is 54.1 Å². The minimum absolute atomic E-state index is 0.0313. The molecule has 3 aromatic carbocycles. The molecule has 12 nitrogen and oxygen atoms in total. The summed E-state index contributed by atoms with van der Waals surface area (Å²) in [5.74, 6) is -2.16. The first kappa shape index (κ1) is 41.2. The Morgan fingerprint density at radius 2 is 1.56 bits per heavy atom. The summed E-state index contributed by atoms with van der Waals surface area (Å²) in [5.41, 5.74) is 3.98. The number of para-hydroxylation sites is 1. The van der Waals surface area contributed by atoms with E-state index >= 15 is 0 Å². The van der Waals surface area contributed by atoms with Crippen LogP contribution in [0.2, 0.25) is 25.2 Å². The Kier molecular flexibility index (Phi) is 12.2. The second-order valence-electron chi connectivity index (χ2n) is 16.1. The van der Waals surface area contributed by atoms with Crippen molar-refractivity contribution >= 4 is 42.8 Å². The molecule has 0 bridgehead atoms. The van der Waals surface area contributed by atoms with Gasteiger partial charge in [-0.15, -0.1) is 0 Å². The maximum atomic E-state index is 13.9. The van der Waals surface area contributed by atoms with E-state index in [1.165, 1.54) is 0 Å². The van der Waals surface area contributed by atoms with E-state index in [4.69, 9.17) is 19.2 Å². The quantitative estimate of drug-likeness (QED) is 0.0629. The molecule has 7 rings (SSSR count). The minimum atomic E-state index is -2.06. The first-order valence-corrected chi connectivity index (χ1v) is 23.6. The van der Waals surface area contributed by atoms with Crippen molar-refractivity contribution in [3.63, 3.8) is 0 Å². The van der Waals surface area contributed by atoms with E-state index in [1.807, 2.05) is 84.9 Å². The molecule has 2 atom stereocenters. The van der Waals surface area contributed by atoms with Gasteiger partial charge in [0.1, 0.15) is 25.9 Å². The Morgan fingerprint density at radius 3 is 2.25 bits per heavy atom. The Balaban J connectivity index is 1.03. The number of pyridine rings is 2. The Hall–Kier alpha value is -5.92. The summed E-state index contributed by atoms with van der Waals surface area (Å²) < 4.78 is 17.9. The largest absolute Gasteiger partial charge is 0.461 e. The normalized spacial score (nSPS) is 16.0. The van der Waals surface area contributed by atoms with E-state index in [0.717, 1.165) is 39.2 Å². The van der Waals surface area contributed by atoms with Crippen LogP contribution in [-0.2, 0) is 71.8 Å². The summed E-state index contributed by atoms with van der Waals surface area (Å²) in [6.45, 7) is 6.39. The molecule has 0 radical (unpaired) electrons. The number of ether oxygens (including phenoxy) is 3. The number of nitrogens with zero attached hydrogens (tertiary/aromatic N) is 2. The van der Waals surface area contributed by atoms with Crippen molar-refractivity contribution < 1.29 is 38.5 Å². The molecule has 1 amide bonds. The number of fused-ring (bicyclic) bond motifs is 5. The summed E-state index contributed by atoms with van der Waals surface area (Å²) in [6, 6.07) is 28.6. The average Bonchev–Trinajstić information content (AvgIpc) is 3.62. The van der Waals surface area contributed by atoms with Gasteiger partial charge >= 0.3 is 17.9 Å². The first-order chi connectivity index (χ1) is 28.4. The van der Waals surface area contributed by atoms with Crippen molar-refractivity contribution in [3.05, 3.63) is 135 Å². The van der Waals surface area contributed by atoms with E-state index in [-0.39, 0.29) is 68.1 Å². The van der Waals surface area contributed by atoms with E-state index < -0.39 is 37.6 Å². The summed E-state index contributed by atoms with van der Waals surface area (Å²) >= 11 is 0. The van der Waals surface area contributed by atoms with Crippen LogP contribution in [0, 0.1) is 0 Å². The number of rotatable bonds is 16. The van der Waals surface area contributed by atoms with Crippen molar-refractivity contribution in [1.82, 2.24) is 14.9 Å². The molecule has 0 fully saturated rings. The van der Waals surface area contributed by atoms with Crippen LogP contribution in [0.3, 0.4) is 0 Å². The second-order valence-corrected chi connectivity index (χ2v) is 21.4. The lowest BCUT2D eigenvalue weighted by Crippen LogP contribution is -2.44. The molecule has 0 spiro atoms. The van der Waals surface area contributed by atoms with Gasteiger partial charge < -0.3 is 29.2 Å². The molecular formula is C46H49N3O9Si. The van der Waals surface area contributed by atoms with E-state index in [9.17, 15) is 29.1 Å². The fraction of sp³-hybridized carbons (Fsp3) is 0.348. The molecule has 0 saturated carbocycles. The molecule has 0 aliphatic carbocycles. The Bertz CT molecular complexity index is 2450. The fourth-order valence-electron chi connectivity index (χ4n) is 7.86. The highest BCUT2D eigenvalue weighted by atomic mass is 28.3. The van der Waals surface area contributed by atoms with Gasteiger partial charge in [-0.2, -0.15) is 0 Å². The number of nitrogens with one attached hydrogen (secondary N) is 1. The first-order valence-electron chi connectivity index (χ1n) is 20.1. The van der Waals surface area contributed by atoms with Crippen molar-refractivity contribution in [2.75, 3.05) is 0 Å². The highest BCUT2D eigenvalue weighted by Crippen LogP contribution is 2.41. The van der Waals surface area contributed by atoms with Gasteiger partial charge in [0.15, 0.2) is 5.60 Å². The number of carbonyl (C=O) groups is 4. The van der Waals surface area contributed by atoms with Gasteiger partial charge in [0, 0.05) is 37.4 Å². The molecule has 2 aliphatic heterocycles. The van der Waals surface area contributed by atoms with Gasteiger partial charge in [-0.25, -0.2) is 14.6 Å². The minimum Gasteiger partial charge on any atom is -0.461 e. The summed E-state index contributed by atoms with van der Waals surface area (Å²) in [5, 5.41) is 15.2. The zero-order valence-corrected chi connectivity index (χ0v) is 34.6. The summed E-state index contributed by atoms with van der Waals surface area (Å²) in [4.78, 5) is 71.0. The summed E-state index contributed by atoms with van der Waals surface area (Å²) in [6.07, 6.45) is 0.902. The number of hydrogen-bond acceptors (Lipinski definition) is 10. The lowest BCUT2D eigenvalue weighted by Gasteiger charge is -2.31. The molecule has 2 aliphatic rings. The van der Waals surface area contributed by atoms with E-state index in [1.54, 1.807) is 17.6 Å². The lowest BCUT2D eigenvalue weighted by atomic mass is 9.86. The zero-order valence-electron chi connectivity index (χ0n) is 33.6. The molecule has 4 heterocycles. The predicted molar refractivity (Wildman–Crippen MR) is 224 cm³/mol. The van der Waals surface area contributed by atoms with Gasteiger partial charge in [0.2, 0.25) is 5.91 Å². The third-order valence-corrected chi connectivity index (χ3v) is 14.7. The standard InChI is InChI=1S/C46H49N3O9Si/c1-4-46(55)36-25-39-42-34(26-49(39)43(52)35(36)29-58-45(46)54)32(33-17-11-12-18-37(33)48-42)21-23-59(2,3)24-22-40(50)47-38(44(53)57-28-31-15-9-6-10-16-31)19-20-41(51)56-27-30-13-7-5-8-14-30/h5-18,25,38,55H,4,19-24,26-29H2,1-3H3,(H,47,50)/t38-,46-/m0/s1. The number of aryl methyl sites for hydroxylation is 1. The fourth-order valence-corrected chi connectivity index (χ4v) is 9.94. The predicted octanol–water partition coefficient (Wildman–Crippen LogP) is 6.47. The van der Waals surface area contributed by atoms with E-state index in [2.05, 4.69) is 18.4 Å². The maximum Gasteiger partial charge on any atom is 0.343 e. The van der Waals surface area contributed by atoms with Crippen LogP contribution >= 0.6 is 0 Å². The zero-order chi connectivity index (χ0) is 41.7. The highest BCUT2D eigenvalue weighted by molar-refractivity contribution is 6.77. The van der Waals surface area contributed by atoms with Crippen LogP contribution in [0.1, 0.15) is 66.0 Å². The molecule has 0 unspecified atom stereocenters. The summed E-state index contributed by atoms with van der Waals surface area (Å²) in [7, 11) is -2.06. The molecular weight excluding hydrogens is 767 g/mol. The van der Waals surface area contributed by atoms with Gasteiger partial charge in [-0.1, -0.05) is 105 Å². The Morgan fingerprint density at radius 1 is 0.898 bits per heavy atom. The third kappa shape index (κ3) is 9.06. The number of aromatic nitrogens is 2. The number of esters is 3. The number of aliphatic hydroxyl groups is 1. The van der Waals surface area contributed by atoms with Gasteiger partial charge in [0.25, 0.3) is 5.56 Å². The molecule has 13 heteroatoms. The van der Waals surface area contributed by atoms with Crippen molar-refractivity contribution in [3.8, 4) is 11.4 Å². The molecule has 2 N–H and O–H groups in total. The smallest absolute Gasteiger partial charge is 0.343 e. The molecule has 5 aromatic rings. The van der Waals surface area contributed by atoms with Gasteiger partial charge in [0.05, 0.1) is 29.0 Å². The van der Waals surface area contributed by atoms with Crippen LogP contribution in [0.25, 0.3) is 22.3 Å². The number of hydrogen-bond donors (Lipinski definition) is 2. The van der Waals surface area contributed by atoms with Crippen molar-refractivity contribution in [1.29, 1.82) is 0 Å². The van der Waals surface area contributed by atoms with Crippen LogP contribution in [0.5, 0.6) is 0 Å². The SMILES string of the molecule is CC[C@@]1(O)C(=O)OCc2c1cc1n(c2=O)Cc2c-1nc1ccccc1c2CC[Si](C)(C)CCC(=O)N[C@@H](CCC(=O)OCc1ccccc1)C(=O)OCc1ccccc1. The molecule has 0 saturated heterocycles. The Labute approximate surface area is 343 Å². The lowest BCUT2D eigenvalue weighted by molar-refractivity contribution is -0.172. The number of benzene rings is 3. The average molecular weight is 816 g/mol. The van der Waals surface area contributed by atoms with Crippen LogP contribution in [0.4, 0.5) is 0 Å². The number of carbonyl (C=O) groups excluding carboxylic acids is 4. The van der Waals surface area contributed by atoms with Gasteiger partial charge in [-0.3, -0.25) is 14.4 Å². The van der Waals surface area contributed by atoms with Crippen LogP contribution < -0.4 is 10.9 Å². The molecule has 306 valence electrons. The molecule has 2 aromatic heterocycles. The van der Waals surface area contributed by atoms with Crippen molar-refractivity contribution in [2.45, 2.75) is 102 Å². The van der Waals surface area contributed by atoms with E-state index in [0.29, 0.717) is 30.4 Å².